The molecule has 0 aromatic carbocycles. The number of rotatable bonds is 30. The van der Waals surface area contributed by atoms with Crippen LogP contribution < -0.4 is 42.2 Å². The number of nitrogens with one attached hydrogen (secondary N) is 4. The lowest BCUT2D eigenvalue weighted by atomic mass is 10.1. The van der Waals surface area contributed by atoms with Crippen molar-refractivity contribution in [2.75, 3.05) is 38.8 Å². The zero-order valence-corrected chi connectivity index (χ0v) is 35.8. The summed E-state index contributed by atoms with van der Waals surface area (Å²) in [4.78, 5) is 127. The van der Waals surface area contributed by atoms with E-state index in [1.807, 2.05) is 0 Å². The van der Waals surface area contributed by atoms with Crippen LogP contribution in [0, 0.1) is 0 Å². The molecule has 2 heterocycles. The average Bonchev–Trinajstić information content (AvgIpc) is 3.24. The number of aromatic nitrogens is 4. The Kier molecular flexibility index (Phi) is 22.4. The van der Waals surface area contributed by atoms with Gasteiger partial charge in [0, 0.05) is 43.3 Å². The zero-order valence-electron chi connectivity index (χ0n) is 34.1. The highest BCUT2D eigenvalue weighted by molar-refractivity contribution is 7.99. The summed E-state index contributed by atoms with van der Waals surface area (Å²) in [6.07, 6.45) is -1.47. The molecule has 0 spiro atoms. The number of nitrogens with two attached hydrogens (primary N) is 2. The summed E-state index contributed by atoms with van der Waals surface area (Å²) in [5.74, 6) is -12.0. The molecule has 0 aliphatic heterocycles. The molecule has 0 saturated heterocycles. The monoisotopic (exact) mass is 944 g/mol. The molecule has 0 radical (unpaired) electrons. The van der Waals surface area contributed by atoms with Crippen molar-refractivity contribution in [3.63, 3.8) is 0 Å². The van der Waals surface area contributed by atoms with Gasteiger partial charge in [-0.2, -0.15) is 15.0 Å². The molecule has 6 atom stereocenters. The lowest BCUT2D eigenvalue weighted by Crippen LogP contribution is -2.49. The van der Waals surface area contributed by atoms with E-state index in [0.29, 0.717) is 0 Å². The smallest absolute Gasteiger partial charge is 0.322 e. The summed E-state index contributed by atoms with van der Waals surface area (Å²) < 4.78 is 10.2. The van der Waals surface area contributed by atoms with Crippen LogP contribution >= 0.6 is 23.5 Å². The van der Waals surface area contributed by atoms with Gasteiger partial charge in [-0.25, -0.2) is 4.98 Å². The summed E-state index contributed by atoms with van der Waals surface area (Å²) in [6.45, 7) is -1.68. The maximum Gasteiger partial charge on any atom is 0.322 e. The number of ketones is 1. The number of carboxylic acid groups (broad SMARTS) is 4. The van der Waals surface area contributed by atoms with E-state index in [2.05, 4.69) is 41.2 Å². The van der Waals surface area contributed by atoms with E-state index in [4.69, 9.17) is 41.4 Å². The van der Waals surface area contributed by atoms with Crippen LogP contribution in [0.25, 0.3) is 0 Å². The Morgan fingerprint density at radius 2 is 1.19 bits per heavy atom. The van der Waals surface area contributed by atoms with Gasteiger partial charge in [0.05, 0.1) is 36.6 Å². The fraction of sp³-hybridized carbons (Fsp3) is 0.514. The Morgan fingerprint density at radius 1 is 0.703 bits per heavy atom. The fourth-order valence-electron chi connectivity index (χ4n) is 5.05. The highest BCUT2D eigenvalue weighted by Gasteiger charge is 2.31. The maximum atomic E-state index is 14.1. The topological polar surface area (TPSA) is 445 Å². The van der Waals surface area contributed by atoms with Crippen LogP contribution in [0.3, 0.4) is 0 Å². The molecular formula is C35H48N10O17S2. The molecule has 2 aromatic rings. The molecule has 2 rings (SSSR count). The third-order valence-corrected chi connectivity index (χ3v) is 11.0. The quantitative estimate of drug-likeness (QED) is 0.0372. The normalized spacial score (nSPS) is 13.7. The third-order valence-electron chi connectivity index (χ3n) is 8.34. The van der Waals surface area contributed by atoms with E-state index in [-0.39, 0.29) is 47.8 Å². The van der Waals surface area contributed by atoms with Crippen LogP contribution in [0.2, 0.25) is 0 Å². The number of carbonyl (C=O) groups excluding carboxylic acids is 5. The zero-order chi connectivity index (χ0) is 48.1. The number of methoxy groups -OCH3 is 2. The highest BCUT2D eigenvalue weighted by Crippen LogP contribution is 2.38. The van der Waals surface area contributed by atoms with Crippen LogP contribution in [-0.4, -0.2) is 167 Å². The summed E-state index contributed by atoms with van der Waals surface area (Å²) in [6, 6.07) is -5.00. The Bertz CT molecular complexity index is 2020. The number of aliphatic carboxylic acids is 4. The number of amides is 4. The average molecular weight is 945 g/mol. The molecule has 0 saturated carbocycles. The number of nitrogens with zero attached hydrogens (tertiary/aromatic N) is 4. The van der Waals surface area contributed by atoms with Crippen LogP contribution in [0.5, 0.6) is 23.5 Å². The Labute approximate surface area is 371 Å². The van der Waals surface area contributed by atoms with Crippen molar-refractivity contribution >= 4 is 76.8 Å². The van der Waals surface area contributed by atoms with Crippen LogP contribution in [0.1, 0.15) is 60.5 Å². The largest absolute Gasteiger partial charge is 0.502 e. The van der Waals surface area contributed by atoms with Gasteiger partial charge >= 0.3 is 29.9 Å². The Hall–Kier alpha value is -6.59. The number of carbonyl (C=O) groups is 9. The van der Waals surface area contributed by atoms with Crippen molar-refractivity contribution in [2.45, 2.75) is 73.2 Å². The van der Waals surface area contributed by atoms with Gasteiger partial charge in [0.15, 0.2) is 5.75 Å². The minimum atomic E-state index is -1.48. The van der Waals surface area contributed by atoms with E-state index >= 15 is 0 Å². The molecule has 0 aliphatic rings. The maximum absolute atomic E-state index is 14.1. The molecule has 0 fully saturated rings. The van der Waals surface area contributed by atoms with Gasteiger partial charge in [-0.05, 0) is 12.8 Å². The number of aromatic hydroxyl groups is 2. The van der Waals surface area contributed by atoms with E-state index in [1.54, 1.807) is 0 Å². The van der Waals surface area contributed by atoms with Crippen molar-refractivity contribution in [2.24, 2.45) is 11.5 Å². The molecule has 64 heavy (non-hydrogen) atoms. The number of hydrogen-bond acceptors (Lipinski definition) is 21. The van der Waals surface area contributed by atoms with Gasteiger partial charge in [0.2, 0.25) is 29.5 Å². The summed E-state index contributed by atoms with van der Waals surface area (Å²) in [5.41, 5.74) is 11.0. The minimum absolute atomic E-state index is 0.0154. The predicted octanol–water partition coefficient (Wildman–Crippen LogP) is -2.95. The number of thioether (sulfide) groups is 2. The number of hydrogen-bond donors (Lipinski definition) is 12. The summed E-state index contributed by atoms with van der Waals surface area (Å²) in [5, 5.41) is 63.8. The molecule has 2 unspecified atom stereocenters. The molecule has 0 aliphatic carbocycles. The molecular weight excluding hydrogens is 897 g/mol. The first-order valence-corrected chi connectivity index (χ1v) is 20.7. The minimum Gasteiger partial charge on any atom is -0.502 e. The summed E-state index contributed by atoms with van der Waals surface area (Å²) >= 11 is 1.68. The van der Waals surface area contributed by atoms with Gasteiger partial charge in [-0.1, -0.05) is 0 Å². The second-order valence-electron chi connectivity index (χ2n) is 13.3. The number of carboxylic acids is 4. The van der Waals surface area contributed by atoms with Crippen LogP contribution in [0.15, 0.2) is 12.3 Å². The van der Waals surface area contributed by atoms with Crippen molar-refractivity contribution in [3.05, 3.63) is 23.8 Å². The first-order valence-electron chi connectivity index (χ1n) is 18.6. The van der Waals surface area contributed by atoms with Gasteiger partial charge < -0.3 is 72.8 Å². The molecule has 0 bridgehead atoms. The summed E-state index contributed by atoms with van der Waals surface area (Å²) in [7, 11) is 2.38. The Morgan fingerprint density at radius 3 is 1.64 bits per heavy atom. The van der Waals surface area contributed by atoms with Crippen molar-refractivity contribution in [3.8, 4) is 23.5 Å². The standard InChI is InChI=1S/C35H48N10O17S2/c1-61-32-21(47)10-38-29(45-32)23(64-14-20(31(56)40-12-28(53)54)42-25(49)6-4-17(37)34(59)60)8-15(46)7-22(18-9-26(50)44-35(43-18)62-2)63-13-19(30(55)39-11-27(51)52)41-24(48)5-3-16(36)33(57)58/h9-10,16-17,19-20,22-23,47H,3-8,11-14,36-37H2,1-2H3,(H,39,55)(H,40,56)(H,41,48)(H,42,49)(H,51,52)(H,53,54)(H,57,58)(H,59,60)(H,43,44,50)/t16-,17+,19-,20-,22?,23?/m0/s1. The van der Waals surface area contributed by atoms with E-state index in [0.717, 1.165) is 35.8 Å². The molecule has 14 N–H and O–H groups in total. The lowest BCUT2D eigenvalue weighted by molar-refractivity contribution is -0.140. The van der Waals surface area contributed by atoms with Gasteiger partial charge in [0.1, 0.15) is 48.9 Å². The first-order chi connectivity index (χ1) is 30.1. The highest BCUT2D eigenvalue weighted by atomic mass is 32.2. The van der Waals surface area contributed by atoms with Crippen molar-refractivity contribution < 1.29 is 83.3 Å². The SMILES string of the molecule is COc1nc(O)cc(C(CC(=O)CC(SC[C@H](NC(=O)CC[C@@H](N)C(=O)O)C(=O)NCC(=O)O)c2ncc(O)c(OC)n2)SC[C@H](NC(=O)CC[C@H](N)C(=O)O)C(=O)NCC(=O)O)n1. The van der Waals surface area contributed by atoms with Gasteiger partial charge in [0.25, 0.3) is 5.88 Å². The second kappa shape index (κ2) is 26.8. The van der Waals surface area contributed by atoms with Crippen molar-refractivity contribution in [1.82, 2.24) is 41.2 Å². The Balaban J connectivity index is 2.51. The van der Waals surface area contributed by atoms with Crippen LogP contribution in [-0.2, 0) is 43.2 Å². The fourth-order valence-corrected chi connectivity index (χ4v) is 7.53. The number of Topliss-reactive ketones (excluding diaryl/α,β-unsaturated/α-hetero) is 1. The van der Waals surface area contributed by atoms with Gasteiger partial charge in [-0.3, -0.25) is 43.2 Å². The lowest BCUT2D eigenvalue weighted by Gasteiger charge is -2.23. The predicted molar refractivity (Wildman–Crippen MR) is 220 cm³/mol. The third kappa shape index (κ3) is 19.2. The molecule has 4 amide bonds. The van der Waals surface area contributed by atoms with Gasteiger partial charge in [-0.15, -0.1) is 23.5 Å². The second-order valence-corrected chi connectivity index (χ2v) is 15.8. The van der Waals surface area contributed by atoms with E-state index < -0.39 is 138 Å². The van der Waals surface area contributed by atoms with Crippen LogP contribution in [0.4, 0.5) is 0 Å². The molecule has 29 heteroatoms. The molecule has 352 valence electrons. The number of ether oxygens (including phenoxy) is 2. The first kappa shape index (κ1) is 53.5. The van der Waals surface area contributed by atoms with E-state index in [1.165, 1.54) is 14.2 Å². The van der Waals surface area contributed by atoms with E-state index in [9.17, 15) is 53.4 Å². The van der Waals surface area contributed by atoms with Crippen molar-refractivity contribution in [1.29, 1.82) is 0 Å². The molecule has 27 nitrogen and oxygen atoms in total. The molecule has 2 aromatic heterocycles.